The number of carbonyl (C=O) groups excluding carboxylic acids is 4. The zero-order valence-corrected chi connectivity index (χ0v) is 17.6. The Kier molecular flexibility index (Phi) is 7.34. The maximum Gasteiger partial charge on any atom is 0.332 e. The standard InChI is InChI=1S/C23H24N2O7/c1-16(27)23(20(28)24-22(30)25(21(23)29)15-31-11-10-26)13-18-8-5-9-19(12-18)32-14-17-6-3-2-4-7-17/h2-9,12,26H,10-11,13-15H2,1H3,(H,24,28,30). The monoisotopic (exact) mass is 440 g/mol. The summed E-state index contributed by atoms with van der Waals surface area (Å²) in [6.07, 6.45) is -0.251. The molecule has 0 radical (unpaired) electrons. The van der Waals surface area contributed by atoms with Crippen molar-refractivity contribution in [2.75, 3.05) is 19.9 Å². The number of imide groups is 2. The number of barbiturate groups is 1. The molecule has 3 rings (SSSR count). The van der Waals surface area contributed by atoms with Gasteiger partial charge < -0.3 is 14.6 Å². The van der Waals surface area contributed by atoms with Gasteiger partial charge in [-0.1, -0.05) is 42.5 Å². The van der Waals surface area contributed by atoms with Crippen LogP contribution in [0.25, 0.3) is 0 Å². The van der Waals surface area contributed by atoms with E-state index in [1.807, 2.05) is 30.3 Å². The van der Waals surface area contributed by atoms with Crippen LogP contribution < -0.4 is 10.1 Å². The van der Waals surface area contributed by atoms with Gasteiger partial charge in [0.2, 0.25) is 0 Å². The molecule has 1 heterocycles. The van der Waals surface area contributed by atoms with Crippen LogP contribution in [0.4, 0.5) is 4.79 Å². The molecular formula is C23H24N2O7. The summed E-state index contributed by atoms with van der Waals surface area (Å²) >= 11 is 0. The molecule has 0 saturated carbocycles. The van der Waals surface area contributed by atoms with E-state index in [0.29, 0.717) is 22.8 Å². The first-order valence-corrected chi connectivity index (χ1v) is 10.0. The fourth-order valence-corrected chi connectivity index (χ4v) is 3.41. The Labute approximate surface area is 184 Å². The predicted octanol–water partition coefficient (Wildman–Crippen LogP) is 1.43. The minimum Gasteiger partial charge on any atom is -0.489 e. The number of rotatable bonds is 10. The second kappa shape index (κ2) is 10.2. The summed E-state index contributed by atoms with van der Waals surface area (Å²) in [6.45, 7) is 0.546. The Hall–Kier alpha value is -3.56. The lowest BCUT2D eigenvalue weighted by atomic mass is 9.75. The van der Waals surface area contributed by atoms with Crippen molar-refractivity contribution in [3.05, 3.63) is 65.7 Å². The van der Waals surface area contributed by atoms with Crippen LogP contribution in [-0.2, 0) is 32.1 Å². The van der Waals surface area contributed by atoms with Crippen molar-refractivity contribution in [2.45, 2.75) is 20.0 Å². The average Bonchev–Trinajstić information content (AvgIpc) is 2.78. The number of hydrogen-bond donors (Lipinski definition) is 2. The molecule has 9 heteroatoms. The Bertz CT molecular complexity index is 1010. The van der Waals surface area contributed by atoms with Crippen LogP contribution in [-0.4, -0.2) is 53.6 Å². The minimum absolute atomic E-state index is 0.112. The van der Waals surface area contributed by atoms with Crippen molar-refractivity contribution in [1.82, 2.24) is 10.2 Å². The van der Waals surface area contributed by atoms with Gasteiger partial charge in [-0.3, -0.25) is 19.7 Å². The van der Waals surface area contributed by atoms with Crippen molar-refractivity contribution in [1.29, 1.82) is 0 Å². The van der Waals surface area contributed by atoms with E-state index in [0.717, 1.165) is 12.5 Å². The van der Waals surface area contributed by atoms with Crippen LogP contribution in [0.5, 0.6) is 5.75 Å². The van der Waals surface area contributed by atoms with Crippen molar-refractivity contribution in [3.8, 4) is 5.75 Å². The third-order valence-electron chi connectivity index (χ3n) is 5.14. The van der Waals surface area contributed by atoms with Gasteiger partial charge in [-0.15, -0.1) is 0 Å². The molecule has 0 aliphatic carbocycles. The highest BCUT2D eigenvalue weighted by Crippen LogP contribution is 2.32. The minimum atomic E-state index is -2.12. The molecule has 1 unspecified atom stereocenters. The molecule has 2 aromatic rings. The molecule has 0 bridgehead atoms. The smallest absolute Gasteiger partial charge is 0.332 e. The van der Waals surface area contributed by atoms with Gasteiger partial charge in [-0.05, 0) is 30.2 Å². The molecule has 0 aromatic heterocycles. The van der Waals surface area contributed by atoms with E-state index in [9.17, 15) is 19.2 Å². The summed E-state index contributed by atoms with van der Waals surface area (Å²) in [5, 5.41) is 10.9. The number of amides is 4. The number of urea groups is 1. The second-order valence-corrected chi connectivity index (χ2v) is 7.31. The lowest BCUT2D eigenvalue weighted by Gasteiger charge is -2.37. The molecule has 2 aromatic carbocycles. The van der Waals surface area contributed by atoms with Gasteiger partial charge in [-0.2, -0.15) is 0 Å². The molecule has 1 aliphatic rings. The highest BCUT2D eigenvalue weighted by molar-refractivity contribution is 6.30. The summed E-state index contributed by atoms with van der Waals surface area (Å²) in [4.78, 5) is 51.3. The topological polar surface area (TPSA) is 122 Å². The first kappa shape index (κ1) is 23.1. The molecule has 0 spiro atoms. The highest BCUT2D eigenvalue weighted by Gasteiger charge is 2.57. The molecule has 168 valence electrons. The SMILES string of the molecule is CC(=O)C1(Cc2cccc(OCc3ccccc3)c2)C(=O)NC(=O)N(COCCO)C1=O. The zero-order chi connectivity index (χ0) is 23.1. The van der Waals surface area contributed by atoms with Crippen LogP contribution in [0.2, 0.25) is 0 Å². The first-order chi connectivity index (χ1) is 15.4. The Morgan fingerprint density at radius 3 is 2.47 bits per heavy atom. The number of nitrogens with zero attached hydrogens (tertiary/aromatic N) is 1. The Morgan fingerprint density at radius 1 is 1.06 bits per heavy atom. The predicted molar refractivity (Wildman–Crippen MR) is 112 cm³/mol. The van der Waals surface area contributed by atoms with Gasteiger partial charge in [0.15, 0.2) is 11.2 Å². The fraction of sp³-hybridized carbons (Fsp3) is 0.304. The van der Waals surface area contributed by atoms with Crippen molar-refractivity contribution in [2.24, 2.45) is 5.41 Å². The van der Waals surface area contributed by atoms with Crippen molar-refractivity contribution in [3.63, 3.8) is 0 Å². The molecule has 4 amide bonds. The maximum absolute atomic E-state index is 13.2. The number of nitrogens with one attached hydrogen (secondary N) is 1. The zero-order valence-electron chi connectivity index (χ0n) is 17.6. The average molecular weight is 440 g/mol. The van der Waals surface area contributed by atoms with E-state index in [1.54, 1.807) is 24.3 Å². The number of benzene rings is 2. The summed E-state index contributed by atoms with van der Waals surface area (Å²) in [5.74, 6) is -2.13. The third-order valence-corrected chi connectivity index (χ3v) is 5.14. The highest BCUT2D eigenvalue weighted by atomic mass is 16.5. The number of carbonyl (C=O) groups is 4. The molecule has 1 aliphatic heterocycles. The summed E-state index contributed by atoms with van der Waals surface area (Å²) in [6, 6.07) is 15.3. The van der Waals surface area contributed by atoms with Crippen LogP contribution in [0, 0.1) is 5.41 Å². The number of ketones is 1. The normalized spacial score (nSPS) is 18.4. The summed E-state index contributed by atoms with van der Waals surface area (Å²) < 4.78 is 10.9. The van der Waals surface area contributed by atoms with Crippen molar-refractivity contribution >= 4 is 23.6 Å². The van der Waals surface area contributed by atoms with Crippen LogP contribution in [0.15, 0.2) is 54.6 Å². The number of hydrogen-bond acceptors (Lipinski definition) is 7. The molecule has 2 N–H and O–H groups in total. The quantitative estimate of drug-likeness (QED) is 0.423. The largest absolute Gasteiger partial charge is 0.489 e. The van der Waals surface area contributed by atoms with E-state index in [4.69, 9.17) is 14.6 Å². The van der Waals surface area contributed by atoms with Gasteiger partial charge in [-0.25, -0.2) is 9.69 Å². The molecular weight excluding hydrogens is 416 g/mol. The number of ether oxygens (including phenoxy) is 2. The molecule has 1 saturated heterocycles. The maximum atomic E-state index is 13.2. The van der Waals surface area contributed by atoms with Gasteiger partial charge in [0, 0.05) is 6.42 Å². The molecule has 1 fully saturated rings. The van der Waals surface area contributed by atoms with Crippen LogP contribution in [0.1, 0.15) is 18.1 Å². The van der Waals surface area contributed by atoms with E-state index >= 15 is 0 Å². The third kappa shape index (κ3) is 4.84. The van der Waals surface area contributed by atoms with Crippen LogP contribution in [0.3, 0.4) is 0 Å². The number of Topliss-reactive ketones (excluding diaryl/α,β-unsaturated/α-hetero) is 1. The lowest BCUT2D eigenvalue weighted by Crippen LogP contribution is -2.67. The van der Waals surface area contributed by atoms with E-state index in [1.165, 1.54) is 0 Å². The van der Waals surface area contributed by atoms with Crippen LogP contribution >= 0.6 is 0 Å². The second-order valence-electron chi connectivity index (χ2n) is 7.31. The molecule has 32 heavy (non-hydrogen) atoms. The van der Waals surface area contributed by atoms with Gasteiger partial charge in [0.1, 0.15) is 19.1 Å². The van der Waals surface area contributed by atoms with E-state index < -0.39 is 35.8 Å². The Morgan fingerprint density at radius 2 is 1.78 bits per heavy atom. The van der Waals surface area contributed by atoms with Gasteiger partial charge in [0.25, 0.3) is 11.8 Å². The molecule has 1 atom stereocenters. The summed E-state index contributed by atoms with van der Waals surface area (Å²) in [7, 11) is 0. The van der Waals surface area contributed by atoms with E-state index in [2.05, 4.69) is 5.32 Å². The molecule has 9 nitrogen and oxygen atoms in total. The summed E-state index contributed by atoms with van der Waals surface area (Å²) in [5.41, 5.74) is -0.633. The van der Waals surface area contributed by atoms with Crippen molar-refractivity contribution < 1.29 is 33.8 Å². The van der Waals surface area contributed by atoms with Gasteiger partial charge >= 0.3 is 6.03 Å². The lowest BCUT2D eigenvalue weighted by molar-refractivity contribution is -0.159. The number of aliphatic hydroxyl groups excluding tert-OH is 1. The number of aliphatic hydroxyl groups is 1. The Balaban J connectivity index is 1.83. The first-order valence-electron chi connectivity index (χ1n) is 10.0. The van der Waals surface area contributed by atoms with Gasteiger partial charge in [0.05, 0.1) is 13.2 Å². The fourth-order valence-electron chi connectivity index (χ4n) is 3.41. The van der Waals surface area contributed by atoms with E-state index in [-0.39, 0.29) is 19.6 Å².